The summed E-state index contributed by atoms with van der Waals surface area (Å²) in [6, 6.07) is 14.2. The first-order chi connectivity index (χ1) is 11.4. The van der Waals surface area contributed by atoms with Crippen molar-refractivity contribution in [1.82, 2.24) is 5.32 Å². The first-order valence-corrected chi connectivity index (χ1v) is 7.99. The van der Waals surface area contributed by atoms with E-state index < -0.39 is 4.92 Å². The van der Waals surface area contributed by atoms with Gasteiger partial charge < -0.3 is 5.32 Å². The van der Waals surface area contributed by atoms with Gasteiger partial charge in [-0.2, -0.15) is 0 Å². The van der Waals surface area contributed by atoms with Gasteiger partial charge in [0, 0.05) is 12.1 Å². The number of carbonyl (C=O) groups is 1. The van der Waals surface area contributed by atoms with Gasteiger partial charge in [-0.3, -0.25) is 14.9 Å². The second-order valence-corrected chi connectivity index (χ2v) is 6.21. The van der Waals surface area contributed by atoms with Crippen LogP contribution >= 0.6 is 0 Å². The number of rotatable bonds is 6. The molecule has 5 nitrogen and oxygen atoms in total. The summed E-state index contributed by atoms with van der Waals surface area (Å²) in [5.41, 5.74) is 3.10. The van der Waals surface area contributed by atoms with Crippen LogP contribution in [-0.4, -0.2) is 10.8 Å². The summed E-state index contributed by atoms with van der Waals surface area (Å²) in [5, 5.41) is 13.6. The zero-order valence-corrected chi connectivity index (χ0v) is 14.2. The molecular formula is C19H22N2O3. The highest BCUT2D eigenvalue weighted by Crippen LogP contribution is 2.19. The molecule has 0 aliphatic carbocycles. The Kier molecular flexibility index (Phi) is 5.68. The van der Waals surface area contributed by atoms with Crippen molar-refractivity contribution in [3.8, 4) is 0 Å². The monoisotopic (exact) mass is 326 g/mol. The van der Waals surface area contributed by atoms with Gasteiger partial charge in [0.2, 0.25) is 5.91 Å². The lowest BCUT2D eigenvalue weighted by Crippen LogP contribution is -2.28. The highest BCUT2D eigenvalue weighted by atomic mass is 16.6. The van der Waals surface area contributed by atoms with E-state index in [0.29, 0.717) is 5.92 Å². The van der Waals surface area contributed by atoms with Crippen LogP contribution in [0.3, 0.4) is 0 Å². The smallest absolute Gasteiger partial charge is 0.269 e. The van der Waals surface area contributed by atoms with Gasteiger partial charge in [0.25, 0.3) is 5.69 Å². The van der Waals surface area contributed by atoms with Crippen LogP contribution in [-0.2, 0) is 11.2 Å². The minimum absolute atomic E-state index is 0.0257. The second kappa shape index (κ2) is 7.73. The van der Waals surface area contributed by atoms with Crippen molar-refractivity contribution in [1.29, 1.82) is 0 Å². The Balaban J connectivity index is 1.94. The lowest BCUT2D eigenvalue weighted by molar-refractivity contribution is -0.384. The zero-order valence-electron chi connectivity index (χ0n) is 14.2. The Hall–Kier alpha value is -2.69. The maximum atomic E-state index is 12.1. The zero-order chi connectivity index (χ0) is 17.7. The molecule has 2 aromatic rings. The summed E-state index contributed by atoms with van der Waals surface area (Å²) in [4.78, 5) is 22.3. The molecule has 0 aliphatic heterocycles. The number of nitro groups is 1. The Morgan fingerprint density at radius 2 is 1.54 bits per heavy atom. The molecule has 5 heteroatoms. The normalized spacial score (nSPS) is 12.0. The number of hydrogen-bond acceptors (Lipinski definition) is 3. The molecule has 0 bridgehead atoms. The summed E-state index contributed by atoms with van der Waals surface area (Å²) in [7, 11) is 0. The molecule has 126 valence electrons. The average Bonchev–Trinajstić information content (AvgIpc) is 2.55. The van der Waals surface area contributed by atoms with Gasteiger partial charge in [0.05, 0.1) is 17.4 Å². The van der Waals surface area contributed by atoms with Gasteiger partial charge >= 0.3 is 0 Å². The van der Waals surface area contributed by atoms with E-state index in [4.69, 9.17) is 0 Å². The van der Waals surface area contributed by atoms with E-state index in [1.807, 2.05) is 19.1 Å². The molecule has 0 aliphatic rings. The van der Waals surface area contributed by atoms with Gasteiger partial charge in [-0.05, 0) is 29.5 Å². The highest BCUT2D eigenvalue weighted by Gasteiger charge is 2.12. The molecule has 2 rings (SSSR count). The third-order valence-corrected chi connectivity index (χ3v) is 3.99. The van der Waals surface area contributed by atoms with Crippen LogP contribution in [0.15, 0.2) is 48.5 Å². The summed E-state index contributed by atoms with van der Waals surface area (Å²) >= 11 is 0. The predicted molar refractivity (Wildman–Crippen MR) is 93.9 cm³/mol. The number of carbonyl (C=O) groups excluding carboxylic acids is 1. The van der Waals surface area contributed by atoms with Gasteiger partial charge in [-0.15, -0.1) is 0 Å². The van der Waals surface area contributed by atoms with E-state index >= 15 is 0 Å². The standard InChI is InChI=1S/C19H22N2O3/c1-13(2)16-6-8-17(9-7-16)14(3)20-19(22)12-15-4-10-18(11-5-15)21(23)24/h4-11,13-14H,12H2,1-3H3,(H,20,22). The van der Waals surface area contributed by atoms with Crippen LogP contribution in [0.25, 0.3) is 0 Å². The van der Waals surface area contributed by atoms with Crippen molar-refractivity contribution in [3.05, 3.63) is 75.3 Å². The van der Waals surface area contributed by atoms with E-state index in [1.165, 1.54) is 17.7 Å². The van der Waals surface area contributed by atoms with Gasteiger partial charge in [-0.25, -0.2) is 0 Å². The molecule has 0 radical (unpaired) electrons. The van der Waals surface area contributed by atoms with Crippen molar-refractivity contribution >= 4 is 11.6 Å². The van der Waals surface area contributed by atoms with Crippen molar-refractivity contribution < 1.29 is 9.72 Å². The SMILES string of the molecule is CC(C)c1ccc(C(C)NC(=O)Cc2ccc([N+](=O)[O-])cc2)cc1. The summed E-state index contributed by atoms with van der Waals surface area (Å²) < 4.78 is 0. The van der Waals surface area contributed by atoms with Crippen molar-refractivity contribution in [2.45, 2.75) is 39.2 Å². The van der Waals surface area contributed by atoms with Gasteiger partial charge in [0.15, 0.2) is 0 Å². The number of nitro benzene ring substituents is 1. The number of benzene rings is 2. The fourth-order valence-electron chi connectivity index (χ4n) is 2.47. The lowest BCUT2D eigenvalue weighted by Gasteiger charge is -2.15. The lowest BCUT2D eigenvalue weighted by atomic mass is 9.99. The largest absolute Gasteiger partial charge is 0.349 e. The van der Waals surface area contributed by atoms with E-state index in [0.717, 1.165) is 11.1 Å². The first-order valence-electron chi connectivity index (χ1n) is 7.99. The first kappa shape index (κ1) is 17.7. The van der Waals surface area contributed by atoms with E-state index in [9.17, 15) is 14.9 Å². The molecule has 1 atom stereocenters. The van der Waals surface area contributed by atoms with Crippen LogP contribution in [0.5, 0.6) is 0 Å². The summed E-state index contributed by atoms with van der Waals surface area (Å²) in [6.45, 7) is 6.23. The molecule has 1 unspecified atom stereocenters. The van der Waals surface area contributed by atoms with Crippen LogP contribution in [0, 0.1) is 10.1 Å². The molecule has 24 heavy (non-hydrogen) atoms. The molecule has 0 saturated carbocycles. The topological polar surface area (TPSA) is 72.2 Å². The van der Waals surface area contributed by atoms with E-state index in [2.05, 4.69) is 31.3 Å². The Bertz CT molecular complexity index is 706. The number of nitrogens with zero attached hydrogens (tertiary/aromatic N) is 1. The quantitative estimate of drug-likeness (QED) is 0.640. The average molecular weight is 326 g/mol. The minimum Gasteiger partial charge on any atom is -0.349 e. The van der Waals surface area contributed by atoms with Crippen LogP contribution in [0.2, 0.25) is 0 Å². The number of non-ortho nitro benzene ring substituents is 1. The maximum absolute atomic E-state index is 12.1. The van der Waals surface area contributed by atoms with Gasteiger partial charge in [0.1, 0.15) is 0 Å². The Morgan fingerprint density at radius 3 is 2.04 bits per heavy atom. The maximum Gasteiger partial charge on any atom is 0.269 e. The molecule has 2 aromatic carbocycles. The predicted octanol–water partition coefficient (Wildman–Crippen LogP) is 4.14. The molecule has 0 heterocycles. The fraction of sp³-hybridized carbons (Fsp3) is 0.316. The van der Waals surface area contributed by atoms with Gasteiger partial charge in [-0.1, -0.05) is 50.2 Å². The molecule has 1 amide bonds. The molecular weight excluding hydrogens is 304 g/mol. The molecule has 0 saturated heterocycles. The van der Waals surface area contributed by atoms with E-state index in [1.54, 1.807) is 12.1 Å². The second-order valence-electron chi connectivity index (χ2n) is 6.21. The molecule has 1 N–H and O–H groups in total. The highest BCUT2D eigenvalue weighted by molar-refractivity contribution is 5.79. The number of hydrogen-bond donors (Lipinski definition) is 1. The Labute approximate surface area is 141 Å². The summed E-state index contributed by atoms with van der Waals surface area (Å²) in [6.07, 6.45) is 0.201. The van der Waals surface area contributed by atoms with Crippen LogP contribution in [0.1, 0.15) is 49.4 Å². The van der Waals surface area contributed by atoms with Crippen LogP contribution in [0.4, 0.5) is 5.69 Å². The van der Waals surface area contributed by atoms with Crippen LogP contribution < -0.4 is 5.32 Å². The van der Waals surface area contributed by atoms with Crippen molar-refractivity contribution in [3.63, 3.8) is 0 Å². The van der Waals surface area contributed by atoms with Crippen molar-refractivity contribution in [2.24, 2.45) is 0 Å². The molecule has 0 aromatic heterocycles. The third kappa shape index (κ3) is 4.65. The third-order valence-electron chi connectivity index (χ3n) is 3.99. The molecule has 0 fully saturated rings. The molecule has 0 spiro atoms. The number of nitrogens with one attached hydrogen (secondary N) is 1. The fourth-order valence-corrected chi connectivity index (χ4v) is 2.47. The minimum atomic E-state index is -0.452. The number of amides is 1. The Morgan fingerprint density at radius 1 is 1.00 bits per heavy atom. The van der Waals surface area contributed by atoms with Crippen molar-refractivity contribution in [2.75, 3.05) is 0 Å². The van der Waals surface area contributed by atoms with E-state index in [-0.39, 0.29) is 24.1 Å². The summed E-state index contributed by atoms with van der Waals surface area (Å²) in [5.74, 6) is 0.371.